The second-order valence-electron chi connectivity index (χ2n) is 5.50. The Morgan fingerprint density at radius 1 is 1.05 bits per heavy atom. The number of hydrogen-bond acceptors (Lipinski definition) is 2. The number of fused-ring (bicyclic) bond motifs is 1. The molecule has 1 unspecified atom stereocenters. The minimum Gasteiger partial charge on any atom is -0.491 e. The van der Waals surface area contributed by atoms with Crippen LogP contribution >= 0.6 is 0 Å². The van der Waals surface area contributed by atoms with Crippen LogP contribution in [0.25, 0.3) is 10.8 Å². The van der Waals surface area contributed by atoms with Crippen LogP contribution in [0.5, 0.6) is 5.75 Å². The van der Waals surface area contributed by atoms with E-state index in [1.807, 2.05) is 18.2 Å². The fourth-order valence-corrected chi connectivity index (χ4v) is 3.03. The molecule has 1 aliphatic rings. The summed E-state index contributed by atoms with van der Waals surface area (Å²) in [6.45, 7) is 0.624. The van der Waals surface area contributed by atoms with Crippen molar-refractivity contribution in [2.75, 3.05) is 6.61 Å². The van der Waals surface area contributed by atoms with E-state index in [0.717, 1.165) is 5.75 Å². The smallest absolute Gasteiger partial charge is 0.127 e. The first kappa shape index (κ1) is 12.5. The second-order valence-corrected chi connectivity index (χ2v) is 5.50. The molecule has 1 atom stereocenters. The predicted molar refractivity (Wildman–Crippen MR) is 79.4 cm³/mol. The van der Waals surface area contributed by atoms with Crippen LogP contribution in [0.15, 0.2) is 42.5 Å². The number of hydrogen-bond donors (Lipinski definition) is 1. The second kappa shape index (κ2) is 5.62. The summed E-state index contributed by atoms with van der Waals surface area (Å²) < 4.78 is 5.97. The standard InChI is InChI=1S/C17H21NO/c18-16(14-7-1-2-8-14)12-19-17-11-5-9-13-6-3-4-10-15(13)17/h3-6,9-11,14,16H,1-2,7-8,12,18H2. The van der Waals surface area contributed by atoms with Crippen LogP contribution < -0.4 is 10.5 Å². The molecule has 100 valence electrons. The lowest BCUT2D eigenvalue weighted by Crippen LogP contribution is -2.34. The topological polar surface area (TPSA) is 35.2 Å². The Balaban J connectivity index is 1.71. The maximum Gasteiger partial charge on any atom is 0.127 e. The normalized spacial score (nSPS) is 17.7. The minimum absolute atomic E-state index is 0.168. The van der Waals surface area contributed by atoms with Crippen LogP contribution in [0, 0.1) is 5.92 Å². The highest BCUT2D eigenvalue weighted by Crippen LogP contribution is 2.29. The molecule has 0 bridgehead atoms. The van der Waals surface area contributed by atoms with Crippen molar-refractivity contribution in [1.82, 2.24) is 0 Å². The van der Waals surface area contributed by atoms with Crippen molar-refractivity contribution in [3.8, 4) is 5.75 Å². The summed E-state index contributed by atoms with van der Waals surface area (Å²) in [5, 5.41) is 2.39. The molecule has 0 amide bonds. The van der Waals surface area contributed by atoms with Gasteiger partial charge in [-0.05, 0) is 30.2 Å². The van der Waals surface area contributed by atoms with Crippen LogP contribution in [0.2, 0.25) is 0 Å². The fourth-order valence-electron chi connectivity index (χ4n) is 3.03. The lowest BCUT2D eigenvalue weighted by atomic mass is 10.00. The summed E-state index contributed by atoms with van der Waals surface area (Å²) in [5.41, 5.74) is 6.25. The summed E-state index contributed by atoms with van der Waals surface area (Å²) in [7, 11) is 0. The Hall–Kier alpha value is -1.54. The van der Waals surface area contributed by atoms with Crippen molar-refractivity contribution in [3.05, 3.63) is 42.5 Å². The van der Waals surface area contributed by atoms with Gasteiger partial charge in [0.05, 0.1) is 0 Å². The van der Waals surface area contributed by atoms with E-state index in [4.69, 9.17) is 10.5 Å². The molecule has 0 saturated heterocycles. The third kappa shape index (κ3) is 2.74. The van der Waals surface area contributed by atoms with Gasteiger partial charge >= 0.3 is 0 Å². The van der Waals surface area contributed by atoms with Gasteiger partial charge in [0.2, 0.25) is 0 Å². The Kier molecular flexibility index (Phi) is 3.69. The third-order valence-corrected chi connectivity index (χ3v) is 4.19. The van der Waals surface area contributed by atoms with Gasteiger partial charge in [-0.1, -0.05) is 49.2 Å². The van der Waals surface area contributed by atoms with Crippen molar-refractivity contribution >= 4 is 10.8 Å². The zero-order valence-electron chi connectivity index (χ0n) is 11.2. The van der Waals surface area contributed by atoms with Gasteiger partial charge in [0.25, 0.3) is 0 Å². The van der Waals surface area contributed by atoms with Crippen LogP contribution in [0.3, 0.4) is 0 Å². The lowest BCUT2D eigenvalue weighted by Gasteiger charge is -2.19. The molecule has 0 spiro atoms. The van der Waals surface area contributed by atoms with Gasteiger partial charge < -0.3 is 10.5 Å². The van der Waals surface area contributed by atoms with Gasteiger partial charge in [0.1, 0.15) is 12.4 Å². The van der Waals surface area contributed by atoms with Gasteiger partial charge in [0.15, 0.2) is 0 Å². The van der Waals surface area contributed by atoms with Crippen molar-refractivity contribution in [1.29, 1.82) is 0 Å². The Labute approximate surface area is 114 Å². The molecule has 1 fully saturated rings. The van der Waals surface area contributed by atoms with Crippen LogP contribution in [-0.4, -0.2) is 12.6 Å². The first-order chi connectivity index (χ1) is 9.34. The summed E-state index contributed by atoms with van der Waals surface area (Å²) in [6, 6.07) is 14.7. The monoisotopic (exact) mass is 255 g/mol. The molecule has 3 rings (SSSR count). The zero-order valence-corrected chi connectivity index (χ0v) is 11.2. The molecule has 19 heavy (non-hydrogen) atoms. The average Bonchev–Trinajstić information content (AvgIpc) is 2.99. The van der Waals surface area contributed by atoms with Crippen molar-refractivity contribution in [3.63, 3.8) is 0 Å². The van der Waals surface area contributed by atoms with Gasteiger partial charge in [-0.15, -0.1) is 0 Å². The van der Waals surface area contributed by atoms with E-state index in [9.17, 15) is 0 Å². The zero-order chi connectivity index (χ0) is 13.1. The van der Waals surface area contributed by atoms with E-state index in [0.29, 0.717) is 12.5 Å². The Bertz CT molecular complexity index is 540. The molecule has 2 N–H and O–H groups in total. The molecule has 1 saturated carbocycles. The van der Waals surface area contributed by atoms with E-state index in [-0.39, 0.29) is 6.04 Å². The summed E-state index contributed by atoms with van der Waals surface area (Å²) >= 11 is 0. The SMILES string of the molecule is NC(COc1cccc2ccccc12)C1CCCC1. The van der Waals surface area contributed by atoms with Gasteiger partial charge in [0, 0.05) is 11.4 Å². The highest BCUT2D eigenvalue weighted by Gasteiger charge is 2.22. The maximum absolute atomic E-state index is 6.25. The lowest BCUT2D eigenvalue weighted by molar-refractivity contribution is 0.249. The highest BCUT2D eigenvalue weighted by atomic mass is 16.5. The molecule has 0 heterocycles. The molecule has 0 aromatic heterocycles. The molecule has 2 nitrogen and oxygen atoms in total. The molecule has 0 aliphatic heterocycles. The summed E-state index contributed by atoms with van der Waals surface area (Å²) in [4.78, 5) is 0. The molecular formula is C17H21NO. The Morgan fingerprint density at radius 3 is 2.63 bits per heavy atom. The van der Waals surface area contributed by atoms with E-state index in [1.165, 1.54) is 36.5 Å². The summed E-state index contributed by atoms with van der Waals surface area (Å²) in [5.74, 6) is 1.60. The van der Waals surface area contributed by atoms with Crippen molar-refractivity contribution < 1.29 is 4.74 Å². The van der Waals surface area contributed by atoms with E-state index in [1.54, 1.807) is 0 Å². The van der Waals surface area contributed by atoms with Crippen LogP contribution in [0.4, 0.5) is 0 Å². The van der Waals surface area contributed by atoms with Gasteiger partial charge in [-0.3, -0.25) is 0 Å². The molecule has 1 aliphatic carbocycles. The predicted octanol–water partition coefficient (Wildman–Crippen LogP) is 3.74. The Morgan fingerprint density at radius 2 is 1.79 bits per heavy atom. The largest absolute Gasteiger partial charge is 0.491 e. The third-order valence-electron chi connectivity index (χ3n) is 4.19. The van der Waals surface area contributed by atoms with E-state index >= 15 is 0 Å². The first-order valence-corrected chi connectivity index (χ1v) is 7.21. The minimum atomic E-state index is 0.168. The first-order valence-electron chi connectivity index (χ1n) is 7.21. The number of benzene rings is 2. The van der Waals surface area contributed by atoms with Crippen LogP contribution in [-0.2, 0) is 0 Å². The maximum atomic E-state index is 6.25. The quantitative estimate of drug-likeness (QED) is 0.903. The molecule has 2 aromatic rings. The van der Waals surface area contributed by atoms with Crippen LogP contribution in [0.1, 0.15) is 25.7 Å². The molecule has 2 aromatic carbocycles. The summed E-state index contributed by atoms with van der Waals surface area (Å²) in [6.07, 6.45) is 5.18. The van der Waals surface area contributed by atoms with Crippen molar-refractivity contribution in [2.24, 2.45) is 11.7 Å². The number of ether oxygens (including phenoxy) is 1. The number of rotatable bonds is 4. The van der Waals surface area contributed by atoms with E-state index in [2.05, 4.69) is 24.3 Å². The highest BCUT2D eigenvalue weighted by molar-refractivity contribution is 5.88. The van der Waals surface area contributed by atoms with Gasteiger partial charge in [-0.25, -0.2) is 0 Å². The molecule has 0 radical (unpaired) electrons. The molecule has 2 heteroatoms. The fraction of sp³-hybridized carbons (Fsp3) is 0.412. The molecular weight excluding hydrogens is 234 g/mol. The number of nitrogens with two attached hydrogens (primary N) is 1. The van der Waals surface area contributed by atoms with Gasteiger partial charge in [-0.2, -0.15) is 0 Å². The van der Waals surface area contributed by atoms with Crippen molar-refractivity contribution in [2.45, 2.75) is 31.7 Å². The average molecular weight is 255 g/mol. The van der Waals surface area contributed by atoms with E-state index < -0.39 is 0 Å².